The van der Waals surface area contributed by atoms with Crippen molar-refractivity contribution < 1.29 is 13.2 Å². The molecule has 0 aliphatic carbocycles. The number of aromatic nitrogens is 2. The van der Waals surface area contributed by atoms with E-state index < -0.39 is 10.0 Å². The number of nitrogens with zero attached hydrogens (tertiary/aromatic N) is 3. The van der Waals surface area contributed by atoms with Gasteiger partial charge in [-0.15, -0.1) is 0 Å². The summed E-state index contributed by atoms with van der Waals surface area (Å²) < 4.78 is 29.0. The zero-order chi connectivity index (χ0) is 21.7. The first kappa shape index (κ1) is 21.3. The summed E-state index contributed by atoms with van der Waals surface area (Å²) in [5, 5.41) is 7.16. The third kappa shape index (κ3) is 5.21. The Labute approximate surface area is 182 Å². The molecule has 0 saturated carbocycles. The van der Waals surface area contributed by atoms with E-state index in [1.807, 2.05) is 36.5 Å². The lowest BCUT2D eigenvalue weighted by atomic mass is 10.2. The Balaban J connectivity index is 1.36. The van der Waals surface area contributed by atoms with Crippen LogP contribution in [0.25, 0.3) is 5.69 Å². The summed E-state index contributed by atoms with van der Waals surface area (Å²) in [6.07, 6.45) is 7.33. The Morgan fingerprint density at radius 2 is 1.77 bits per heavy atom. The summed E-state index contributed by atoms with van der Waals surface area (Å²) in [6.45, 7) is 1.10. The molecular formula is C23H26N4O3S. The smallest absolute Gasteiger partial charge is 0.243 e. The second-order valence-electron chi connectivity index (χ2n) is 7.67. The molecule has 0 bridgehead atoms. The van der Waals surface area contributed by atoms with Gasteiger partial charge in [0.15, 0.2) is 0 Å². The molecule has 7 nitrogen and oxygen atoms in total. The highest BCUT2D eigenvalue weighted by molar-refractivity contribution is 7.89. The molecule has 0 radical (unpaired) electrons. The van der Waals surface area contributed by atoms with Gasteiger partial charge in [-0.25, -0.2) is 13.1 Å². The van der Waals surface area contributed by atoms with Crippen molar-refractivity contribution >= 4 is 21.6 Å². The number of para-hydroxylation sites is 1. The van der Waals surface area contributed by atoms with Crippen LogP contribution in [-0.2, 0) is 21.2 Å². The molecule has 0 unspecified atom stereocenters. The minimum atomic E-state index is -3.53. The van der Waals surface area contributed by atoms with Crippen molar-refractivity contribution in [3.05, 3.63) is 72.6 Å². The van der Waals surface area contributed by atoms with Gasteiger partial charge in [-0.2, -0.15) is 9.40 Å². The van der Waals surface area contributed by atoms with Crippen molar-refractivity contribution in [2.24, 2.45) is 0 Å². The van der Waals surface area contributed by atoms with Gasteiger partial charge < -0.3 is 5.32 Å². The molecule has 162 valence electrons. The monoisotopic (exact) mass is 438 g/mol. The van der Waals surface area contributed by atoms with Gasteiger partial charge in [-0.05, 0) is 55.2 Å². The van der Waals surface area contributed by atoms with E-state index in [4.69, 9.17) is 0 Å². The Bertz CT molecular complexity index is 1140. The van der Waals surface area contributed by atoms with Gasteiger partial charge in [0, 0.05) is 31.4 Å². The first-order valence-electron chi connectivity index (χ1n) is 10.5. The molecule has 1 aliphatic rings. The summed E-state index contributed by atoms with van der Waals surface area (Å²) in [5.74, 6) is -0.167. The number of amides is 1. The van der Waals surface area contributed by atoms with Gasteiger partial charge in [-0.1, -0.05) is 30.7 Å². The molecule has 1 aliphatic heterocycles. The maximum atomic E-state index is 12.9. The summed E-state index contributed by atoms with van der Waals surface area (Å²) >= 11 is 0. The van der Waals surface area contributed by atoms with Gasteiger partial charge in [0.25, 0.3) is 0 Å². The largest absolute Gasteiger partial charge is 0.326 e. The standard InChI is InChI=1S/C23H26N4O3S/c28-23(13-12-19-17-24-27(18-19)21-9-3-1-4-10-21)25-20-8-7-11-22(16-20)31(29,30)26-14-5-2-6-15-26/h1,3-4,7-11,16-18H,2,5-6,12-15H2,(H,25,28). The number of piperidine rings is 1. The average molecular weight is 439 g/mol. The van der Waals surface area contributed by atoms with E-state index in [2.05, 4.69) is 10.4 Å². The predicted octanol–water partition coefficient (Wildman–Crippen LogP) is 3.62. The van der Waals surface area contributed by atoms with Crippen molar-refractivity contribution in [1.29, 1.82) is 0 Å². The number of hydrogen-bond acceptors (Lipinski definition) is 4. The fourth-order valence-corrected chi connectivity index (χ4v) is 5.24. The maximum absolute atomic E-state index is 12.9. The lowest BCUT2D eigenvalue weighted by Gasteiger charge is -2.26. The highest BCUT2D eigenvalue weighted by atomic mass is 32.2. The van der Waals surface area contributed by atoms with Crippen LogP contribution in [0.1, 0.15) is 31.2 Å². The van der Waals surface area contributed by atoms with Crippen molar-refractivity contribution in [2.45, 2.75) is 37.0 Å². The molecule has 2 heterocycles. The van der Waals surface area contributed by atoms with Gasteiger partial charge in [0.1, 0.15) is 0 Å². The van der Waals surface area contributed by atoms with Crippen molar-refractivity contribution in [3.63, 3.8) is 0 Å². The number of benzene rings is 2. The van der Waals surface area contributed by atoms with Crippen molar-refractivity contribution in [3.8, 4) is 5.69 Å². The molecule has 0 atom stereocenters. The van der Waals surface area contributed by atoms with Crippen LogP contribution in [0.5, 0.6) is 0 Å². The lowest BCUT2D eigenvalue weighted by molar-refractivity contribution is -0.116. The molecule has 31 heavy (non-hydrogen) atoms. The van der Waals surface area contributed by atoms with Crippen LogP contribution in [0.3, 0.4) is 0 Å². The van der Waals surface area contributed by atoms with Crippen LogP contribution in [0, 0.1) is 0 Å². The van der Waals surface area contributed by atoms with Crippen LogP contribution in [0.2, 0.25) is 0 Å². The van der Waals surface area contributed by atoms with Crippen molar-refractivity contribution in [2.75, 3.05) is 18.4 Å². The first-order chi connectivity index (χ1) is 15.0. The number of rotatable bonds is 7. The number of hydrogen-bond donors (Lipinski definition) is 1. The Hall–Kier alpha value is -2.97. The summed E-state index contributed by atoms with van der Waals surface area (Å²) in [6, 6.07) is 16.3. The van der Waals surface area contributed by atoms with E-state index >= 15 is 0 Å². The number of sulfonamides is 1. The SMILES string of the molecule is O=C(CCc1cnn(-c2ccccc2)c1)Nc1cccc(S(=O)(=O)N2CCCCC2)c1. The van der Waals surface area contributed by atoms with Crippen LogP contribution < -0.4 is 5.32 Å². The molecule has 4 rings (SSSR count). The fraction of sp³-hybridized carbons (Fsp3) is 0.304. The van der Waals surface area contributed by atoms with Gasteiger partial charge in [0.2, 0.25) is 15.9 Å². The summed E-state index contributed by atoms with van der Waals surface area (Å²) in [4.78, 5) is 12.6. The first-order valence-corrected chi connectivity index (χ1v) is 12.0. The minimum absolute atomic E-state index is 0.167. The van der Waals surface area contributed by atoms with Crippen molar-refractivity contribution in [1.82, 2.24) is 14.1 Å². The highest BCUT2D eigenvalue weighted by Gasteiger charge is 2.26. The minimum Gasteiger partial charge on any atom is -0.326 e. The molecule has 1 N–H and O–H groups in total. The zero-order valence-electron chi connectivity index (χ0n) is 17.3. The molecule has 1 aromatic heterocycles. The molecule has 8 heteroatoms. The normalized spacial score (nSPS) is 15.0. The molecule has 0 spiro atoms. The van der Waals surface area contributed by atoms with E-state index in [1.165, 1.54) is 10.4 Å². The second kappa shape index (κ2) is 9.45. The molecule has 1 saturated heterocycles. The summed E-state index contributed by atoms with van der Waals surface area (Å²) in [7, 11) is -3.53. The Kier molecular flexibility index (Phi) is 6.48. The van der Waals surface area contributed by atoms with Gasteiger partial charge >= 0.3 is 0 Å². The third-order valence-electron chi connectivity index (χ3n) is 5.37. The van der Waals surface area contributed by atoms with E-state index in [9.17, 15) is 13.2 Å². The molecule has 3 aromatic rings. The average Bonchev–Trinajstić information content (AvgIpc) is 3.28. The molecule has 1 amide bonds. The zero-order valence-corrected chi connectivity index (χ0v) is 18.1. The number of carbonyl (C=O) groups excluding carboxylic acids is 1. The fourth-order valence-electron chi connectivity index (χ4n) is 3.68. The number of aryl methyl sites for hydroxylation is 1. The Morgan fingerprint density at radius 3 is 2.55 bits per heavy atom. The van der Waals surface area contributed by atoms with Crippen LogP contribution in [0.4, 0.5) is 5.69 Å². The van der Waals surface area contributed by atoms with E-state index in [0.29, 0.717) is 25.2 Å². The van der Waals surface area contributed by atoms with E-state index in [-0.39, 0.29) is 17.2 Å². The van der Waals surface area contributed by atoms with Crippen LogP contribution in [-0.4, -0.2) is 41.5 Å². The predicted molar refractivity (Wildman–Crippen MR) is 120 cm³/mol. The maximum Gasteiger partial charge on any atom is 0.243 e. The topological polar surface area (TPSA) is 84.3 Å². The van der Waals surface area contributed by atoms with Crippen LogP contribution in [0.15, 0.2) is 71.9 Å². The molecular weight excluding hydrogens is 412 g/mol. The number of anilines is 1. The Morgan fingerprint density at radius 1 is 1.00 bits per heavy atom. The van der Waals surface area contributed by atoms with Gasteiger partial charge in [0.05, 0.1) is 16.8 Å². The van der Waals surface area contributed by atoms with E-state index in [0.717, 1.165) is 30.5 Å². The summed E-state index contributed by atoms with van der Waals surface area (Å²) in [5.41, 5.74) is 2.41. The number of carbonyl (C=O) groups is 1. The third-order valence-corrected chi connectivity index (χ3v) is 7.26. The quantitative estimate of drug-likeness (QED) is 0.611. The second-order valence-corrected chi connectivity index (χ2v) is 9.61. The van der Waals surface area contributed by atoms with E-state index in [1.54, 1.807) is 29.1 Å². The van der Waals surface area contributed by atoms with Crippen LogP contribution >= 0.6 is 0 Å². The lowest BCUT2D eigenvalue weighted by Crippen LogP contribution is -2.35. The number of nitrogens with one attached hydrogen (secondary N) is 1. The van der Waals surface area contributed by atoms with Gasteiger partial charge in [-0.3, -0.25) is 4.79 Å². The molecule has 1 fully saturated rings. The highest BCUT2D eigenvalue weighted by Crippen LogP contribution is 2.23. The molecule has 2 aromatic carbocycles.